The summed E-state index contributed by atoms with van der Waals surface area (Å²) in [6.07, 6.45) is -0.166. The van der Waals surface area contributed by atoms with Crippen molar-refractivity contribution in [1.82, 2.24) is 19.7 Å². The highest BCUT2D eigenvalue weighted by atomic mass is 35.5. The van der Waals surface area contributed by atoms with E-state index in [2.05, 4.69) is 20.1 Å². The van der Waals surface area contributed by atoms with E-state index < -0.39 is 60.2 Å². The van der Waals surface area contributed by atoms with Gasteiger partial charge in [0.25, 0.3) is 0 Å². The minimum absolute atomic E-state index is 0.0529. The van der Waals surface area contributed by atoms with Gasteiger partial charge in [0.2, 0.25) is 0 Å². The minimum atomic E-state index is -5.32. The molecule has 0 aliphatic carbocycles. The molecule has 2 aromatic heterocycles. The topological polar surface area (TPSA) is 96.8 Å². The summed E-state index contributed by atoms with van der Waals surface area (Å²) < 4.78 is 91.5. The molecule has 0 saturated carbocycles. The standard InChI is InChI=1S/C17H6Cl2F6N6OS/c18-10-3-8(16(20,21)22)4-11(19)13(10)31-15(29-7-9-6-27-1-2-28-9)14(12(5-26)30-31)33(32)17(23,24)25/h1-4,6-7H/b29-7+. The van der Waals surface area contributed by atoms with E-state index in [1.165, 1.54) is 24.7 Å². The first-order chi connectivity index (χ1) is 15.3. The molecule has 0 saturated heterocycles. The van der Waals surface area contributed by atoms with Gasteiger partial charge in [0.05, 0.1) is 33.7 Å². The molecule has 0 aliphatic rings. The van der Waals surface area contributed by atoms with Crippen molar-refractivity contribution in [3.63, 3.8) is 0 Å². The van der Waals surface area contributed by atoms with Gasteiger partial charge in [-0.25, -0.2) is 13.9 Å². The Hall–Kier alpha value is -3.02. The number of hydrogen-bond donors (Lipinski definition) is 0. The summed E-state index contributed by atoms with van der Waals surface area (Å²) in [5.74, 6) is -0.809. The van der Waals surface area contributed by atoms with Crippen molar-refractivity contribution in [3.8, 4) is 11.8 Å². The number of rotatable bonds is 4. The fraction of sp³-hybridized carbons (Fsp3) is 0.118. The van der Waals surface area contributed by atoms with E-state index in [1.54, 1.807) is 0 Å². The molecule has 7 nitrogen and oxygen atoms in total. The highest BCUT2D eigenvalue weighted by Gasteiger charge is 2.43. The third-order valence-electron chi connectivity index (χ3n) is 3.78. The van der Waals surface area contributed by atoms with E-state index >= 15 is 0 Å². The van der Waals surface area contributed by atoms with Gasteiger partial charge in [-0.15, -0.1) is 0 Å². The van der Waals surface area contributed by atoms with Crippen LogP contribution in [0.3, 0.4) is 0 Å². The van der Waals surface area contributed by atoms with E-state index in [0.717, 1.165) is 6.21 Å². The van der Waals surface area contributed by atoms with Gasteiger partial charge in [0.1, 0.15) is 16.7 Å². The predicted molar refractivity (Wildman–Crippen MR) is 105 cm³/mol. The number of benzene rings is 1. The lowest BCUT2D eigenvalue weighted by Crippen LogP contribution is -2.17. The normalized spacial score (nSPS) is 13.3. The van der Waals surface area contributed by atoms with E-state index in [1.807, 2.05) is 0 Å². The van der Waals surface area contributed by atoms with Gasteiger partial charge >= 0.3 is 11.7 Å². The maximum absolute atomic E-state index is 13.3. The van der Waals surface area contributed by atoms with Crippen LogP contribution in [0.5, 0.6) is 0 Å². The first-order valence-corrected chi connectivity index (χ1v) is 10.1. The van der Waals surface area contributed by atoms with Crippen LogP contribution in [-0.4, -0.2) is 35.7 Å². The lowest BCUT2D eigenvalue weighted by atomic mass is 10.2. The Bertz CT molecular complexity index is 1280. The summed E-state index contributed by atoms with van der Waals surface area (Å²) >= 11 is 11.9. The zero-order chi connectivity index (χ0) is 24.6. The zero-order valence-electron chi connectivity index (χ0n) is 15.5. The van der Waals surface area contributed by atoms with Crippen LogP contribution in [0.1, 0.15) is 17.0 Å². The maximum atomic E-state index is 13.3. The van der Waals surface area contributed by atoms with Crippen molar-refractivity contribution < 1.29 is 30.6 Å². The van der Waals surface area contributed by atoms with Crippen LogP contribution >= 0.6 is 23.2 Å². The van der Waals surface area contributed by atoms with Crippen LogP contribution in [0.25, 0.3) is 5.69 Å². The van der Waals surface area contributed by atoms with Crippen LogP contribution in [0.15, 0.2) is 40.6 Å². The van der Waals surface area contributed by atoms with Crippen molar-refractivity contribution in [3.05, 3.63) is 57.7 Å². The lowest BCUT2D eigenvalue weighted by Gasteiger charge is -2.13. The molecule has 0 radical (unpaired) electrons. The van der Waals surface area contributed by atoms with Gasteiger partial charge in [-0.1, -0.05) is 23.2 Å². The molecule has 3 aromatic rings. The van der Waals surface area contributed by atoms with Gasteiger partial charge in [-0.3, -0.25) is 9.97 Å². The average Bonchev–Trinajstić information content (AvgIpc) is 3.08. The van der Waals surface area contributed by atoms with Crippen molar-refractivity contribution in [1.29, 1.82) is 5.26 Å². The number of nitrogens with zero attached hydrogens (tertiary/aromatic N) is 6. The Labute approximate surface area is 192 Å². The van der Waals surface area contributed by atoms with E-state index in [0.29, 0.717) is 16.8 Å². The molecule has 0 spiro atoms. The number of hydrogen-bond acceptors (Lipinski definition) is 6. The number of aliphatic imine (C=N–C) groups is 1. The summed E-state index contributed by atoms with van der Waals surface area (Å²) in [5.41, 5.74) is -7.97. The van der Waals surface area contributed by atoms with Crippen LogP contribution in [-0.2, 0) is 17.0 Å². The maximum Gasteiger partial charge on any atom is 0.476 e. The van der Waals surface area contributed by atoms with Gasteiger partial charge in [-0.05, 0) is 12.1 Å². The Kier molecular flexibility index (Phi) is 6.78. The molecule has 16 heteroatoms. The van der Waals surface area contributed by atoms with E-state index in [9.17, 15) is 35.8 Å². The molecule has 33 heavy (non-hydrogen) atoms. The van der Waals surface area contributed by atoms with E-state index in [4.69, 9.17) is 23.2 Å². The number of alkyl halides is 6. The summed E-state index contributed by atoms with van der Waals surface area (Å²) in [4.78, 5) is 10.2. The minimum Gasteiger partial charge on any atom is -0.261 e. The summed E-state index contributed by atoms with van der Waals surface area (Å²) in [5, 5.41) is 11.6. The molecule has 1 unspecified atom stereocenters. The first-order valence-electron chi connectivity index (χ1n) is 8.23. The van der Waals surface area contributed by atoms with Gasteiger partial charge < -0.3 is 0 Å². The summed E-state index contributed by atoms with van der Waals surface area (Å²) in [7, 11) is -3.79. The second kappa shape index (κ2) is 9.08. The quantitative estimate of drug-likeness (QED) is 0.342. The van der Waals surface area contributed by atoms with Crippen LogP contribution in [0.4, 0.5) is 32.2 Å². The average molecular weight is 527 g/mol. The molecule has 1 atom stereocenters. The molecule has 0 fully saturated rings. The molecule has 2 heterocycles. The van der Waals surface area contributed by atoms with Crippen molar-refractivity contribution >= 4 is 46.0 Å². The summed E-state index contributed by atoms with van der Waals surface area (Å²) in [6.45, 7) is 0. The molecule has 0 N–H and O–H groups in total. The van der Waals surface area contributed by atoms with Crippen LogP contribution in [0.2, 0.25) is 10.0 Å². The predicted octanol–water partition coefficient (Wildman–Crippen LogP) is 5.24. The third-order valence-corrected chi connectivity index (χ3v) is 5.52. The highest BCUT2D eigenvalue weighted by Crippen LogP contribution is 2.41. The summed E-state index contributed by atoms with van der Waals surface area (Å²) in [6, 6.07) is 2.29. The molecule has 0 bridgehead atoms. The lowest BCUT2D eigenvalue weighted by molar-refractivity contribution is -0.137. The Morgan fingerprint density at radius 3 is 2.24 bits per heavy atom. The zero-order valence-corrected chi connectivity index (χ0v) is 17.8. The van der Waals surface area contributed by atoms with Gasteiger partial charge in [-0.2, -0.15) is 36.7 Å². The monoisotopic (exact) mass is 526 g/mol. The molecule has 1 aromatic carbocycles. The van der Waals surface area contributed by atoms with Crippen molar-refractivity contribution in [2.45, 2.75) is 16.6 Å². The Balaban J connectivity index is 2.33. The second-order valence-corrected chi connectivity index (χ2v) is 8.14. The first kappa shape index (κ1) is 24.6. The van der Waals surface area contributed by atoms with Crippen molar-refractivity contribution in [2.75, 3.05) is 0 Å². The fourth-order valence-electron chi connectivity index (χ4n) is 2.46. The number of halogens is 8. The Morgan fingerprint density at radius 2 is 1.76 bits per heavy atom. The second-order valence-electron chi connectivity index (χ2n) is 5.91. The number of nitriles is 1. The molecule has 172 valence electrons. The molecule has 3 rings (SSSR count). The SMILES string of the molecule is N#Cc1nn(-c2c(Cl)cc(C(F)(F)F)cc2Cl)c(/N=C/c2cnccn2)c1S(=O)C(F)(F)F. The van der Waals surface area contributed by atoms with Gasteiger partial charge in [0, 0.05) is 12.4 Å². The highest BCUT2D eigenvalue weighted by molar-refractivity contribution is 7.86. The largest absolute Gasteiger partial charge is 0.476 e. The van der Waals surface area contributed by atoms with Gasteiger partial charge in [0.15, 0.2) is 22.3 Å². The third kappa shape index (κ3) is 5.15. The van der Waals surface area contributed by atoms with Crippen LogP contribution < -0.4 is 0 Å². The molecule has 0 amide bonds. The molecule has 0 aliphatic heterocycles. The number of aromatic nitrogens is 4. The molecular weight excluding hydrogens is 521 g/mol. The van der Waals surface area contributed by atoms with Crippen molar-refractivity contribution in [2.24, 2.45) is 4.99 Å². The fourth-order valence-corrected chi connectivity index (χ4v) is 3.91. The van der Waals surface area contributed by atoms with Crippen LogP contribution in [0, 0.1) is 11.3 Å². The Morgan fingerprint density at radius 1 is 1.12 bits per heavy atom. The smallest absolute Gasteiger partial charge is 0.261 e. The molecular formula is C17H6Cl2F6N6OS. The van der Waals surface area contributed by atoms with E-state index in [-0.39, 0.29) is 5.69 Å².